The van der Waals surface area contributed by atoms with Crippen LogP contribution in [0.4, 0.5) is 11.5 Å². The molecular weight excluding hydrogens is 398 g/mol. The van der Waals surface area contributed by atoms with E-state index in [0.29, 0.717) is 21.8 Å². The topological polar surface area (TPSA) is 124 Å². The molecule has 150 valence electrons. The van der Waals surface area contributed by atoms with Gasteiger partial charge < -0.3 is 5.73 Å². The first kappa shape index (κ1) is 19.9. The van der Waals surface area contributed by atoms with Crippen molar-refractivity contribution in [2.75, 3.05) is 10.6 Å². The minimum absolute atomic E-state index is 0.0156. The summed E-state index contributed by atoms with van der Waals surface area (Å²) in [6, 6.07) is 9.79. The highest BCUT2D eigenvalue weighted by molar-refractivity contribution is 8.00. The average Bonchev–Trinajstić information content (AvgIpc) is 3.47. The van der Waals surface area contributed by atoms with Crippen LogP contribution >= 0.6 is 11.8 Å². The van der Waals surface area contributed by atoms with Crippen molar-refractivity contribution in [3.8, 4) is 12.1 Å². The lowest BCUT2D eigenvalue weighted by atomic mass is 10.0. The molecule has 1 aromatic heterocycles. The van der Waals surface area contributed by atoms with E-state index in [0.717, 1.165) is 35.7 Å². The van der Waals surface area contributed by atoms with Gasteiger partial charge in [-0.2, -0.15) is 10.5 Å². The summed E-state index contributed by atoms with van der Waals surface area (Å²) in [6.07, 6.45) is 1.79. The third-order valence-corrected chi connectivity index (χ3v) is 6.44. The fourth-order valence-electron chi connectivity index (χ4n) is 3.87. The Labute approximate surface area is 178 Å². The number of pyridine rings is 1. The maximum atomic E-state index is 13.1. The van der Waals surface area contributed by atoms with Gasteiger partial charge in [0.1, 0.15) is 23.0 Å². The van der Waals surface area contributed by atoms with Gasteiger partial charge in [-0.3, -0.25) is 9.59 Å². The number of benzene rings is 1. The highest BCUT2D eigenvalue weighted by Gasteiger charge is 2.42. The number of carbonyl (C=O) groups is 2. The van der Waals surface area contributed by atoms with Gasteiger partial charge in [-0.15, -0.1) is 0 Å². The van der Waals surface area contributed by atoms with Gasteiger partial charge in [0.15, 0.2) is 0 Å². The lowest BCUT2D eigenvalue weighted by Crippen LogP contribution is -2.31. The van der Waals surface area contributed by atoms with Crippen LogP contribution in [0.25, 0.3) is 0 Å². The number of imide groups is 1. The molecule has 0 bridgehead atoms. The first-order valence-electron chi connectivity index (χ1n) is 9.59. The average molecular weight is 417 g/mol. The van der Waals surface area contributed by atoms with Gasteiger partial charge in [0.05, 0.1) is 22.1 Å². The van der Waals surface area contributed by atoms with Crippen LogP contribution in [-0.2, 0) is 9.59 Å². The van der Waals surface area contributed by atoms with Crippen LogP contribution in [0, 0.1) is 36.5 Å². The molecule has 2 fully saturated rings. The summed E-state index contributed by atoms with van der Waals surface area (Å²) in [4.78, 5) is 31.2. The largest absolute Gasteiger partial charge is 0.383 e. The number of nitrogens with zero attached hydrogens (tertiary/aromatic N) is 4. The quantitative estimate of drug-likeness (QED) is 0.757. The summed E-state index contributed by atoms with van der Waals surface area (Å²) in [5, 5.41) is 18.8. The van der Waals surface area contributed by atoms with Crippen LogP contribution < -0.4 is 10.6 Å². The molecule has 1 aromatic carbocycles. The summed E-state index contributed by atoms with van der Waals surface area (Å²) >= 11 is 1.08. The van der Waals surface area contributed by atoms with E-state index >= 15 is 0 Å². The van der Waals surface area contributed by atoms with Crippen LogP contribution in [0.2, 0.25) is 0 Å². The maximum Gasteiger partial charge on any atom is 0.247 e. The highest BCUT2D eigenvalue weighted by Crippen LogP contribution is 2.47. The number of anilines is 2. The van der Waals surface area contributed by atoms with Crippen molar-refractivity contribution in [2.45, 2.75) is 49.3 Å². The van der Waals surface area contributed by atoms with Crippen molar-refractivity contribution in [1.82, 2.24) is 4.98 Å². The lowest BCUT2D eigenvalue weighted by Gasteiger charge is -2.17. The zero-order valence-electron chi connectivity index (χ0n) is 16.6. The first-order valence-corrected chi connectivity index (χ1v) is 10.5. The SMILES string of the molecule is Cc1cc(C)cc(N2C(=O)C[C@@H](Sc3nc(N)c(C#N)c(C4CC4)c3C#N)C2=O)c1. The van der Waals surface area contributed by atoms with E-state index in [1.165, 1.54) is 4.90 Å². The number of hydrogen-bond acceptors (Lipinski definition) is 7. The van der Waals surface area contributed by atoms with Gasteiger partial charge in [0.25, 0.3) is 0 Å². The molecule has 4 rings (SSSR count). The minimum atomic E-state index is -0.697. The van der Waals surface area contributed by atoms with Crippen molar-refractivity contribution in [2.24, 2.45) is 0 Å². The monoisotopic (exact) mass is 417 g/mol. The van der Waals surface area contributed by atoms with E-state index in [9.17, 15) is 20.1 Å². The summed E-state index contributed by atoms with van der Waals surface area (Å²) in [5.41, 5.74) is 9.62. The first-order chi connectivity index (χ1) is 14.3. The molecule has 8 heteroatoms. The predicted octanol–water partition coefficient (Wildman–Crippen LogP) is 3.33. The molecule has 1 aliphatic heterocycles. The molecule has 1 aliphatic carbocycles. The Kier molecular flexibility index (Phi) is 4.97. The zero-order valence-corrected chi connectivity index (χ0v) is 17.4. The number of aryl methyl sites for hydroxylation is 2. The Hall–Kier alpha value is -3.36. The Morgan fingerprint density at radius 1 is 1.10 bits per heavy atom. The Balaban J connectivity index is 1.69. The Morgan fingerprint density at radius 3 is 2.30 bits per heavy atom. The van der Waals surface area contributed by atoms with Crippen LogP contribution in [-0.4, -0.2) is 22.0 Å². The third kappa shape index (κ3) is 3.40. The van der Waals surface area contributed by atoms with Crippen molar-refractivity contribution in [3.63, 3.8) is 0 Å². The van der Waals surface area contributed by atoms with E-state index in [1.807, 2.05) is 19.9 Å². The van der Waals surface area contributed by atoms with Crippen LogP contribution in [0.3, 0.4) is 0 Å². The molecule has 30 heavy (non-hydrogen) atoms. The fourth-order valence-corrected chi connectivity index (χ4v) is 5.00. The summed E-state index contributed by atoms with van der Waals surface area (Å²) in [5.74, 6) is -0.447. The van der Waals surface area contributed by atoms with Crippen molar-refractivity contribution in [3.05, 3.63) is 46.0 Å². The molecular formula is C22H19N5O2S. The predicted molar refractivity (Wildman–Crippen MR) is 113 cm³/mol. The van der Waals surface area contributed by atoms with Gasteiger partial charge in [-0.25, -0.2) is 9.88 Å². The molecule has 0 unspecified atom stereocenters. The molecule has 2 N–H and O–H groups in total. The number of rotatable bonds is 4. The smallest absolute Gasteiger partial charge is 0.247 e. The van der Waals surface area contributed by atoms with Gasteiger partial charge in [-0.1, -0.05) is 17.8 Å². The summed E-state index contributed by atoms with van der Waals surface area (Å²) in [6.45, 7) is 3.83. The van der Waals surface area contributed by atoms with Gasteiger partial charge >= 0.3 is 0 Å². The summed E-state index contributed by atoms with van der Waals surface area (Å²) < 4.78 is 0. The van der Waals surface area contributed by atoms with E-state index < -0.39 is 5.25 Å². The van der Waals surface area contributed by atoms with E-state index in [4.69, 9.17) is 5.73 Å². The maximum absolute atomic E-state index is 13.1. The van der Waals surface area contributed by atoms with Crippen molar-refractivity contribution >= 4 is 35.1 Å². The second kappa shape index (κ2) is 7.47. The Bertz CT molecular complexity index is 1150. The van der Waals surface area contributed by atoms with E-state index in [1.54, 1.807) is 12.1 Å². The molecule has 2 aromatic rings. The number of nitrogen functional groups attached to an aromatic ring is 1. The van der Waals surface area contributed by atoms with E-state index in [-0.39, 0.29) is 35.5 Å². The van der Waals surface area contributed by atoms with Crippen molar-refractivity contribution < 1.29 is 9.59 Å². The van der Waals surface area contributed by atoms with Gasteiger partial charge in [-0.05, 0) is 61.4 Å². The molecule has 1 saturated heterocycles. The zero-order chi connectivity index (χ0) is 21.6. The van der Waals surface area contributed by atoms with Crippen LogP contribution in [0.15, 0.2) is 23.2 Å². The number of carbonyl (C=O) groups excluding carboxylic acids is 2. The minimum Gasteiger partial charge on any atom is -0.383 e. The molecule has 1 atom stereocenters. The number of amides is 2. The molecule has 2 aliphatic rings. The second-order valence-electron chi connectivity index (χ2n) is 7.69. The van der Waals surface area contributed by atoms with Crippen LogP contribution in [0.1, 0.15) is 53.0 Å². The van der Waals surface area contributed by atoms with Crippen molar-refractivity contribution in [1.29, 1.82) is 10.5 Å². The third-order valence-electron chi connectivity index (χ3n) is 5.26. The number of hydrogen-bond donors (Lipinski definition) is 1. The molecule has 0 spiro atoms. The number of aromatic nitrogens is 1. The number of nitriles is 2. The van der Waals surface area contributed by atoms with Gasteiger partial charge in [0.2, 0.25) is 11.8 Å². The van der Waals surface area contributed by atoms with Gasteiger partial charge in [0, 0.05) is 6.42 Å². The second-order valence-corrected chi connectivity index (χ2v) is 8.88. The number of thioether (sulfide) groups is 1. The lowest BCUT2D eigenvalue weighted by molar-refractivity contribution is -0.121. The molecule has 7 nitrogen and oxygen atoms in total. The highest BCUT2D eigenvalue weighted by atomic mass is 32.2. The fraction of sp³-hybridized carbons (Fsp3) is 0.318. The summed E-state index contributed by atoms with van der Waals surface area (Å²) in [7, 11) is 0. The Morgan fingerprint density at radius 2 is 1.73 bits per heavy atom. The molecule has 2 heterocycles. The molecule has 2 amide bonds. The normalized spacial score (nSPS) is 18.4. The van der Waals surface area contributed by atoms with Crippen LogP contribution in [0.5, 0.6) is 0 Å². The number of nitrogens with two attached hydrogens (primary N) is 1. The molecule has 0 radical (unpaired) electrons. The molecule has 1 saturated carbocycles. The standard InChI is InChI=1S/C22H19N5O2S/c1-11-5-12(2)7-14(6-11)27-18(28)8-17(22(27)29)30-21-16(10-24)19(13-3-4-13)15(9-23)20(25)26-21/h5-7,13,17H,3-4,8H2,1-2H3,(H2,25,26)/t17-/m1/s1. The van der Waals surface area contributed by atoms with E-state index in [2.05, 4.69) is 17.1 Å².